The summed E-state index contributed by atoms with van der Waals surface area (Å²) < 4.78 is 0. The Labute approximate surface area is 202 Å². The second kappa shape index (κ2) is 8.46. The normalized spacial score (nSPS) is 50.9. The molecule has 188 valence electrons. The van der Waals surface area contributed by atoms with Crippen molar-refractivity contribution in [1.82, 2.24) is 9.80 Å². The largest absolute Gasteiger partial charge is 0.393 e. The molecule has 6 aliphatic rings. The molecule has 6 fully saturated rings. The van der Waals surface area contributed by atoms with Gasteiger partial charge in [-0.15, -0.1) is 0 Å². The van der Waals surface area contributed by atoms with Gasteiger partial charge in [0.2, 0.25) is 0 Å². The molecule has 0 aromatic rings. The fourth-order valence-electron chi connectivity index (χ4n) is 10.6. The van der Waals surface area contributed by atoms with E-state index in [2.05, 4.69) is 23.6 Å². The van der Waals surface area contributed by atoms with E-state index in [-0.39, 0.29) is 23.3 Å². The Bertz CT molecular complexity index is 698. The first-order chi connectivity index (χ1) is 15.9. The van der Waals surface area contributed by atoms with Crippen LogP contribution in [0.5, 0.6) is 0 Å². The van der Waals surface area contributed by atoms with Crippen LogP contribution in [-0.2, 0) is 0 Å². The van der Waals surface area contributed by atoms with E-state index < -0.39 is 0 Å². The van der Waals surface area contributed by atoms with Gasteiger partial charge in [-0.1, -0.05) is 26.7 Å². The lowest BCUT2D eigenvalue weighted by molar-refractivity contribution is -0.162. The first-order valence-electron chi connectivity index (χ1n) is 14.8. The molecule has 33 heavy (non-hydrogen) atoms. The molecule has 2 heterocycles. The molecule has 0 amide bonds. The lowest BCUT2D eigenvalue weighted by atomic mass is 9.45. The number of nitrogens with zero attached hydrogens (tertiary/aromatic N) is 2. The van der Waals surface area contributed by atoms with Gasteiger partial charge >= 0.3 is 0 Å². The first-order valence-corrected chi connectivity index (χ1v) is 14.8. The van der Waals surface area contributed by atoms with E-state index in [1.807, 2.05) is 0 Å². The molecule has 8 atom stereocenters. The van der Waals surface area contributed by atoms with Crippen molar-refractivity contribution in [2.24, 2.45) is 34.5 Å². The van der Waals surface area contributed by atoms with Crippen LogP contribution >= 0.6 is 0 Å². The molecule has 4 nitrogen and oxygen atoms in total. The molecule has 2 saturated heterocycles. The number of rotatable bonds is 2. The molecule has 0 aromatic carbocycles. The Morgan fingerprint density at radius 1 is 0.667 bits per heavy atom. The highest BCUT2D eigenvalue weighted by atomic mass is 16.3. The number of fused-ring (bicyclic) bond motifs is 5. The van der Waals surface area contributed by atoms with Gasteiger partial charge in [0.25, 0.3) is 0 Å². The van der Waals surface area contributed by atoms with Crippen molar-refractivity contribution in [3.8, 4) is 0 Å². The van der Waals surface area contributed by atoms with Gasteiger partial charge in [0, 0.05) is 0 Å². The van der Waals surface area contributed by atoms with Gasteiger partial charge in [0.15, 0.2) is 0 Å². The summed E-state index contributed by atoms with van der Waals surface area (Å²) in [5.74, 6) is 2.94. The fourth-order valence-corrected chi connectivity index (χ4v) is 10.6. The maximum Gasteiger partial charge on any atom is 0.101 e. The molecule has 6 rings (SSSR count). The van der Waals surface area contributed by atoms with Gasteiger partial charge in [0.05, 0.1) is 12.2 Å². The molecular weight excluding hydrogens is 408 g/mol. The summed E-state index contributed by atoms with van der Waals surface area (Å²) in [5.41, 5.74) is 0.360. The van der Waals surface area contributed by atoms with E-state index in [0.29, 0.717) is 17.3 Å². The van der Waals surface area contributed by atoms with Crippen LogP contribution in [0.25, 0.3) is 0 Å². The van der Waals surface area contributed by atoms with E-state index in [4.69, 9.17) is 0 Å². The molecule has 0 bridgehead atoms. The zero-order valence-electron chi connectivity index (χ0n) is 21.5. The molecular formula is C29H50N2O2. The predicted molar refractivity (Wildman–Crippen MR) is 133 cm³/mol. The third-order valence-electron chi connectivity index (χ3n) is 12.5. The number of aliphatic hydroxyl groups is 2. The smallest absolute Gasteiger partial charge is 0.101 e. The van der Waals surface area contributed by atoms with Crippen LogP contribution in [0.2, 0.25) is 0 Å². The predicted octanol–water partition coefficient (Wildman–Crippen LogP) is 5.03. The number of piperidine rings is 2. The van der Waals surface area contributed by atoms with Crippen LogP contribution in [0, 0.1) is 34.5 Å². The van der Waals surface area contributed by atoms with Gasteiger partial charge in [-0.3, -0.25) is 9.80 Å². The minimum Gasteiger partial charge on any atom is -0.393 e. The molecule has 4 saturated carbocycles. The lowest BCUT2D eigenvalue weighted by Crippen LogP contribution is -2.68. The van der Waals surface area contributed by atoms with E-state index in [9.17, 15) is 10.2 Å². The van der Waals surface area contributed by atoms with E-state index >= 15 is 0 Å². The summed E-state index contributed by atoms with van der Waals surface area (Å²) in [6.07, 6.45) is 17.3. The Balaban J connectivity index is 1.35. The Morgan fingerprint density at radius 3 is 1.91 bits per heavy atom. The van der Waals surface area contributed by atoms with Crippen molar-refractivity contribution >= 4 is 0 Å². The number of likely N-dealkylation sites (tertiary alicyclic amines) is 2. The van der Waals surface area contributed by atoms with E-state index in [1.165, 1.54) is 103 Å². The van der Waals surface area contributed by atoms with Gasteiger partial charge < -0.3 is 10.2 Å². The van der Waals surface area contributed by atoms with Crippen molar-refractivity contribution in [3.63, 3.8) is 0 Å². The van der Waals surface area contributed by atoms with Crippen molar-refractivity contribution in [2.45, 2.75) is 122 Å². The standard InChI is InChI=1S/C29H50N2O2/c1-27-13-11-22(32)19-21(27)9-10-23-24(27)12-14-28(2)25(23)20-29(26(28)33,30-15-5-3-6-16-30)31-17-7-4-8-18-31/h21-26,32-33H,3-20H2,1-2H3/t21?,22?,23-,24-,25+,26?,27+,28+/m1/s1. The van der Waals surface area contributed by atoms with Crippen LogP contribution < -0.4 is 0 Å². The zero-order chi connectivity index (χ0) is 22.8. The average Bonchev–Trinajstić information content (AvgIpc) is 3.09. The molecule has 2 aliphatic heterocycles. The molecule has 4 heteroatoms. The number of hydrogen-bond acceptors (Lipinski definition) is 4. The van der Waals surface area contributed by atoms with Gasteiger partial charge in [-0.05, 0) is 138 Å². The van der Waals surface area contributed by atoms with Crippen LogP contribution in [0.3, 0.4) is 0 Å². The van der Waals surface area contributed by atoms with Gasteiger partial charge in [0.1, 0.15) is 5.66 Å². The maximum absolute atomic E-state index is 12.4. The topological polar surface area (TPSA) is 46.9 Å². The number of aliphatic hydroxyl groups excluding tert-OH is 2. The Kier molecular flexibility index (Phi) is 5.96. The van der Waals surface area contributed by atoms with Crippen LogP contribution in [0.4, 0.5) is 0 Å². The summed E-state index contributed by atoms with van der Waals surface area (Å²) in [4.78, 5) is 5.57. The van der Waals surface area contributed by atoms with Gasteiger partial charge in [-0.25, -0.2) is 0 Å². The summed E-state index contributed by atoms with van der Waals surface area (Å²) in [6, 6.07) is 0. The Morgan fingerprint density at radius 2 is 1.27 bits per heavy atom. The Hall–Kier alpha value is -0.160. The highest BCUT2D eigenvalue weighted by molar-refractivity contribution is 5.18. The molecule has 4 aliphatic carbocycles. The number of hydrogen-bond donors (Lipinski definition) is 2. The van der Waals surface area contributed by atoms with E-state index in [0.717, 1.165) is 24.7 Å². The molecule has 0 aromatic heterocycles. The fraction of sp³-hybridized carbons (Fsp3) is 1.00. The minimum absolute atomic E-state index is 0.0624. The summed E-state index contributed by atoms with van der Waals surface area (Å²) >= 11 is 0. The first kappa shape index (κ1) is 23.3. The summed E-state index contributed by atoms with van der Waals surface area (Å²) in [6.45, 7) is 9.82. The van der Waals surface area contributed by atoms with Crippen LogP contribution in [0.1, 0.15) is 104 Å². The molecule has 3 unspecified atom stereocenters. The highest BCUT2D eigenvalue weighted by Crippen LogP contribution is 2.68. The van der Waals surface area contributed by atoms with Crippen molar-refractivity contribution in [3.05, 3.63) is 0 Å². The minimum atomic E-state index is -0.217. The third-order valence-corrected chi connectivity index (χ3v) is 12.5. The molecule has 0 radical (unpaired) electrons. The summed E-state index contributed by atoms with van der Waals surface area (Å²) in [7, 11) is 0. The molecule has 2 N–H and O–H groups in total. The monoisotopic (exact) mass is 458 g/mol. The SMILES string of the molecule is C[C@]12CCC(O)CC1CC[C@@H]1[C@H]2CC[C@]2(C)C(O)C(N3CCCCC3)(N3CCCCC3)C[C@@H]12. The maximum atomic E-state index is 12.4. The second-order valence-electron chi connectivity index (χ2n) is 13.7. The van der Waals surface area contributed by atoms with Crippen molar-refractivity contribution < 1.29 is 10.2 Å². The second-order valence-corrected chi connectivity index (χ2v) is 13.7. The quantitative estimate of drug-likeness (QED) is 0.609. The third kappa shape index (κ3) is 3.36. The van der Waals surface area contributed by atoms with Crippen molar-refractivity contribution in [2.75, 3.05) is 26.2 Å². The average molecular weight is 459 g/mol. The van der Waals surface area contributed by atoms with Crippen molar-refractivity contribution in [1.29, 1.82) is 0 Å². The molecule has 0 spiro atoms. The highest BCUT2D eigenvalue weighted by Gasteiger charge is 2.68. The van der Waals surface area contributed by atoms with Crippen LogP contribution in [0.15, 0.2) is 0 Å². The summed E-state index contributed by atoms with van der Waals surface area (Å²) in [5, 5.41) is 22.8. The lowest BCUT2D eigenvalue weighted by Gasteiger charge is -2.60. The zero-order valence-corrected chi connectivity index (χ0v) is 21.5. The van der Waals surface area contributed by atoms with Crippen LogP contribution in [-0.4, -0.2) is 64.1 Å². The van der Waals surface area contributed by atoms with Gasteiger partial charge in [-0.2, -0.15) is 0 Å². The van der Waals surface area contributed by atoms with E-state index in [1.54, 1.807) is 0 Å².